The average Bonchev–Trinajstić information content (AvgIpc) is 3.84. The number of aliphatic hydroxyl groups excluding tert-OH is 1. The minimum Gasteiger partial charge on any atom is -0.482 e. The number of rotatable bonds is 11. The molecule has 4 fully saturated rings. The molecule has 32 heteroatoms. The number of hydrogen-bond donors (Lipinski definition) is 4. The molecule has 1 amide bonds. The van der Waals surface area contributed by atoms with Gasteiger partial charge in [0.25, 0.3) is 6.10 Å². The summed E-state index contributed by atoms with van der Waals surface area (Å²) in [5.41, 5.74) is -1.56. The third-order valence-corrected chi connectivity index (χ3v) is 12.6. The number of ether oxygens (including phenoxy) is 3. The van der Waals surface area contributed by atoms with E-state index in [-0.39, 0.29) is 67.5 Å². The highest BCUT2D eigenvalue weighted by molar-refractivity contribution is 5.85. The maximum absolute atomic E-state index is 13.2. The van der Waals surface area contributed by atoms with E-state index in [9.17, 15) is 93.4 Å². The molecule has 2 spiro atoms. The van der Waals surface area contributed by atoms with E-state index in [1.807, 2.05) is 4.90 Å². The van der Waals surface area contributed by atoms with Crippen molar-refractivity contribution in [3.63, 3.8) is 0 Å². The van der Waals surface area contributed by atoms with E-state index in [0.717, 1.165) is 74.5 Å². The number of carbonyl (C=O) groups excluding carboxylic acids is 1. The molecule has 0 unspecified atom stereocenters. The number of benzene rings is 2. The Kier molecular flexibility index (Phi) is 21.5. The van der Waals surface area contributed by atoms with Crippen LogP contribution in [0.4, 0.5) is 83.8 Å². The zero-order valence-electron chi connectivity index (χ0n) is 38.7. The number of nitrogens with one attached hydrogen (secondary N) is 1. The highest BCUT2D eigenvalue weighted by atomic mass is 35.5. The van der Waals surface area contributed by atoms with Gasteiger partial charge in [-0.2, -0.15) is 79.0 Å². The summed E-state index contributed by atoms with van der Waals surface area (Å²) in [5, 5.41) is 28.5. The van der Waals surface area contributed by atoms with Crippen LogP contribution in [0.5, 0.6) is 11.5 Å². The summed E-state index contributed by atoms with van der Waals surface area (Å²) in [7, 11) is 0. The first-order chi connectivity index (χ1) is 33.9. The first kappa shape index (κ1) is 64.4. The van der Waals surface area contributed by atoms with Crippen molar-refractivity contribution in [2.24, 2.45) is 0 Å². The number of likely N-dealkylation sites (tertiary alicyclic amines) is 3. The van der Waals surface area contributed by atoms with E-state index in [1.165, 1.54) is 6.07 Å². The second kappa shape index (κ2) is 25.1. The van der Waals surface area contributed by atoms with Crippen LogP contribution in [-0.4, -0.2) is 149 Å². The predicted molar refractivity (Wildman–Crippen MR) is 225 cm³/mol. The topological polar surface area (TPSA) is 161 Å². The SMILES string of the molecule is Cl.O=C(O)COc1cc(C(F)(F)F)ccc1CN1CCCC12CCN(C(=O)OC(C(F)(F)F)C(F)(F)F)CC2.O=C(O)COc1cc(C(F)(F)F)ccc1CN1CCCC12CCNCC2.OC(C(F)(F)F)C(F)(F)F. The summed E-state index contributed by atoms with van der Waals surface area (Å²) in [5.74, 6) is -2.90. The lowest BCUT2D eigenvalue weighted by molar-refractivity contribution is -0.309. The molecule has 0 atom stereocenters. The van der Waals surface area contributed by atoms with Crippen molar-refractivity contribution < 1.29 is 123 Å². The fraction of sp³-hybridized carbons (Fsp3) is 0.651. The van der Waals surface area contributed by atoms with Gasteiger partial charge in [0.15, 0.2) is 13.2 Å². The standard InChI is InChI=1S/C22H23F9N2O5.C18H23F3N2O3.C3H2F6O.ClH/c23-20(24,25)14-3-2-13(15(10-14)37-12-16(34)35)11-33-7-1-4-19(33)5-8-32(9-6-19)18(36)38-17(21(26,27)28)22(29,30)31;19-18(20,21)14-3-2-13(15(10-14)26-12-16(24)25)11-23-9-1-4-17(23)5-7-22-8-6-17;4-2(5,6)1(10)3(7,8)9;/h2-3,10,17H,1,4-9,11-12H2,(H,34,35);2-3,10,22H,1,4-9,11-12H2,(H,24,25);1,10H;1H. The number of aliphatic carboxylic acids is 2. The number of nitrogens with zero attached hydrogens (tertiary/aromatic N) is 3. The molecule has 4 aliphatic rings. The monoisotopic (exact) mass is 1140 g/mol. The third-order valence-electron chi connectivity index (χ3n) is 12.6. The van der Waals surface area contributed by atoms with Crippen LogP contribution in [0.1, 0.15) is 73.6 Å². The Morgan fingerprint density at radius 1 is 0.560 bits per heavy atom. The molecule has 4 aliphatic heterocycles. The maximum atomic E-state index is 13.2. The number of halogens is 19. The summed E-state index contributed by atoms with van der Waals surface area (Å²) in [6.07, 6.45) is -36.7. The van der Waals surface area contributed by atoms with Crippen LogP contribution in [0.3, 0.4) is 0 Å². The number of amides is 1. The number of piperidine rings is 2. The van der Waals surface area contributed by atoms with Crippen molar-refractivity contribution >= 4 is 30.4 Å². The predicted octanol–water partition coefficient (Wildman–Crippen LogP) is 10.0. The Labute approximate surface area is 420 Å². The molecule has 428 valence electrons. The average molecular weight is 1140 g/mol. The maximum Gasteiger partial charge on any atom is 0.434 e. The Balaban J connectivity index is 0.000000345. The van der Waals surface area contributed by atoms with Crippen molar-refractivity contribution in [3.05, 3.63) is 58.7 Å². The molecule has 4 N–H and O–H groups in total. The van der Waals surface area contributed by atoms with E-state index >= 15 is 0 Å². The van der Waals surface area contributed by atoms with Crippen LogP contribution in [0.25, 0.3) is 0 Å². The fourth-order valence-corrected chi connectivity index (χ4v) is 8.97. The minimum atomic E-state index is -5.84. The first-order valence-electron chi connectivity index (χ1n) is 22.1. The number of carboxylic acid groups (broad SMARTS) is 2. The van der Waals surface area contributed by atoms with Crippen LogP contribution in [0.2, 0.25) is 0 Å². The van der Waals surface area contributed by atoms with E-state index in [1.54, 1.807) is 0 Å². The summed E-state index contributed by atoms with van der Waals surface area (Å²) in [6.45, 7) is 1.79. The lowest BCUT2D eigenvalue weighted by Crippen LogP contribution is -2.54. The highest BCUT2D eigenvalue weighted by Crippen LogP contribution is 2.44. The largest absolute Gasteiger partial charge is 0.482 e. The number of carboxylic acids is 2. The van der Waals surface area contributed by atoms with Crippen molar-refractivity contribution in [1.82, 2.24) is 20.0 Å². The van der Waals surface area contributed by atoms with Crippen molar-refractivity contribution in [2.75, 3.05) is 52.5 Å². The van der Waals surface area contributed by atoms with Gasteiger partial charge in [0.2, 0.25) is 6.10 Å². The van der Waals surface area contributed by atoms with Crippen molar-refractivity contribution in [1.29, 1.82) is 0 Å². The van der Waals surface area contributed by atoms with Crippen molar-refractivity contribution in [2.45, 2.75) is 125 Å². The van der Waals surface area contributed by atoms with Gasteiger partial charge in [0.1, 0.15) is 11.5 Å². The summed E-state index contributed by atoms with van der Waals surface area (Å²) >= 11 is 0. The molecular weight excluding hydrogens is 1090 g/mol. The van der Waals surface area contributed by atoms with E-state index in [2.05, 4.69) is 15.0 Å². The van der Waals surface area contributed by atoms with Crippen LogP contribution in [-0.2, 0) is 39.8 Å². The lowest BCUT2D eigenvalue weighted by Gasteiger charge is -2.45. The quantitative estimate of drug-likeness (QED) is 0.158. The van der Waals surface area contributed by atoms with Gasteiger partial charge in [-0.05, 0) is 102 Å². The van der Waals surface area contributed by atoms with E-state index in [0.29, 0.717) is 37.6 Å². The smallest absolute Gasteiger partial charge is 0.434 e. The van der Waals surface area contributed by atoms with Gasteiger partial charge in [-0.25, -0.2) is 14.4 Å². The Morgan fingerprint density at radius 3 is 1.25 bits per heavy atom. The molecule has 0 saturated carbocycles. The molecular formula is C43H49ClF18N4O9. The molecule has 2 aromatic rings. The van der Waals surface area contributed by atoms with Crippen LogP contribution >= 0.6 is 12.4 Å². The number of carbonyl (C=O) groups is 3. The first-order valence-corrected chi connectivity index (χ1v) is 22.1. The second-order valence-electron chi connectivity index (χ2n) is 17.6. The summed E-state index contributed by atoms with van der Waals surface area (Å²) in [6, 6.07) is 6.02. The van der Waals surface area contributed by atoms with Gasteiger partial charge in [-0.15, -0.1) is 12.4 Å². The Bertz CT molecular complexity index is 2180. The fourth-order valence-electron chi connectivity index (χ4n) is 8.97. The highest BCUT2D eigenvalue weighted by Gasteiger charge is 2.60. The van der Waals surface area contributed by atoms with Gasteiger partial charge in [0.05, 0.1) is 11.1 Å². The van der Waals surface area contributed by atoms with E-state index < -0.39 is 97.2 Å². The third kappa shape index (κ3) is 18.1. The Hall–Kier alpha value is -4.88. The summed E-state index contributed by atoms with van der Waals surface area (Å²) in [4.78, 5) is 38.7. The number of hydrogen-bond acceptors (Lipinski definition) is 10. The lowest BCUT2D eigenvalue weighted by atomic mass is 9.85. The molecule has 0 aromatic heterocycles. The molecule has 75 heavy (non-hydrogen) atoms. The zero-order chi connectivity index (χ0) is 55.9. The van der Waals surface area contributed by atoms with Gasteiger partial charge >= 0.3 is 55.1 Å². The molecule has 0 aliphatic carbocycles. The number of alkyl halides is 18. The van der Waals surface area contributed by atoms with Gasteiger partial charge < -0.3 is 39.7 Å². The van der Waals surface area contributed by atoms with Crippen LogP contribution in [0.15, 0.2) is 36.4 Å². The van der Waals surface area contributed by atoms with Gasteiger partial charge in [0, 0.05) is 48.4 Å². The zero-order valence-corrected chi connectivity index (χ0v) is 39.5. The van der Waals surface area contributed by atoms with Gasteiger partial charge in [-0.1, -0.05) is 12.1 Å². The summed E-state index contributed by atoms with van der Waals surface area (Å²) < 4.78 is 235. The van der Waals surface area contributed by atoms with E-state index in [4.69, 9.17) is 24.8 Å². The van der Waals surface area contributed by atoms with Crippen molar-refractivity contribution in [3.8, 4) is 11.5 Å². The van der Waals surface area contributed by atoms with Crippen LogP contribution < -0.4 is 14.8 Å². The molecule has 4 saturated heterocycles. The number of aliphatic hydroxyl groups is 1. The molecule has 0 bridgehead atoms. The van der Waals surface area contributed by atoms with Gasteiger partial charge in [-0.3, -0.25) is 9.80 Å². The molecule has 6 rings (SSSR count). The Morgan fingerprint density at radius 2 is 0.933 bits per heavy atom. The molecule has 0 radical (unpaired) electrons. The van der Waals surface area contributed by atoms with Crippen LogP contribution in [0, 0.1) is 0 Å². The minimum absolute atomic E-state index is 0. The molecule has 13 nitrogen and oxygen atoms in total. The molecule has 4 heterocycles. The molecule has 2 aromatic carbocycles. The normalized spacial score (nSPS) is 18.5. The second-order valence-corrected chi connectivity index (χ2v) is 17.6.